The standard InChI is InChI=1S/C10H12Br2O2S/c1-10(3-2-4-14-10)8(13)7-5-6(11)9(12)15-7/h5,8,13H,2-4H2,1H3. The van der Waals surface area contributed by atoms with Crippen LogP contribution in [0.4, 0.5) is 0 Å². The summed E-state index contributed by atoms with van der Waals surface area (Å²) >= 11 is 8.40. The zero-order valence-electron chi connectivity index (χ0n) is 8.30. The molecule has 5 heteroatoms. The summed E-state index contributed by atoms with van der Waals surface area (Å²) in [6.45, 7) is 2.73. The molecule has 0 amide bonds. The van der Waals surface area contributed by atoms with Gasteiger partial charge in [0, 0.05) is 16.0 Å². The van der Waals surface area contributed by atoms with Gasteiger partial charge < -0.3 is 9.84 Å². The summed E-state index contributed by atoms with van der Waals surface area (Å²) in [5, 5.41) is 10.3. The number of rotatable bonds is 2. The van der Waals surface area contributed by atoms with E-state index in [1.807, 2.05) is 13.0 Å². The number of aliphatic hydroxyl groups excluding tert-OH is 1. The van der Waals surface area contributed by atoms with Gasteiger partial charge in [0.25, 0.3) is 0 Å². The molecule has 0 radical (unpaired) electrons. The lowest BCUT2D eigenvalue weighted by Crippen LogP contribution is -2.31. The fraction of sp³-hybridized carbons (Fsp3) is 0.600. The number of hydrogen-bond donors (Lipinski definition) is 1. The van der Waals surface area contributed by atoms with Crippen molar-refractivity contribution in [1.82, 2.24) is 0 Å². The number of halogens is 2. The summed E-state index contributed by atoms with van der Waals surface area (Å²) < 4.78 is 7.63. The van der Waals surface area contributed by atoms with E-state index in [1.165, 1.54) is 0 Å². The van der Waals surface area contributed by atoms with Gasteiger partial charge in [0.05, 0.1) is 9.39 Å². The summed E-state index contributed by atoms with van der Waals surface area (Å²) in [5.41, 5.74) is -0.413. The molecule has 1 fully saturated rings. The van der Waals surface area contributed by atoms with Crippen LogP contribution in [0.25, 0.3) is 0 Å². The first-order chi connectivity index (χ1) is 7.03. The quantitative estimate of drug-likeness (QED) is 0.872. The van der Waals surface area contributed by atoms with Gasteiger partial charge in [-0.1, -0.05) is 0 Å². The van der Waals surface area contributed by atoms with Crippen molar-refractivity contribution in [3.8, 4) is 0 Å². The van der Waals surface area contributed by atoms with Crippen LogP contribution in [0, 0.1) is 0 Å². The third-order valence-corrected chi connectivity index (χ3v) is 6.07. The fourth-order valence-electron chi connectivity index (χ4n) is 1.82. The third kappa shape index (κ3) is 2.31. The highest BCUT2D eigenvalue weighted by molar-refractivity contribution is 9.13. The Morgan fingerprint density at radius 2 is 2.33 bits per heavy atom. The molecule has 84 valence electrons. The Bertz CT molecular complexity index is 339. The maximum Gasteiger partial charge on any atom is 0.117 e. The molecule has 0 saturated carbocycles. The lowest BCUT2D eigenvalue weighted by Gasteiger charge is -2.28. The van der Waals surface area contributed by atoms with Crippen molar-refractivity contribution in [3.63, 3.8) is 0 Å². The fourth-order valence-corrected chi connectivity index (χ4v) is 4.03. The topological polar surface area (TPSA) is 29.5 Å². The van der Waals surface area contributed by atoms with Gasteiger partial charge in [-0.3, -0.25) is 0 Å². The summed E-state index contributed by atoms with van der Waals surface area (Å²) in [5.74, 6) is 0. The van der Waals surface area contributed by atoms with Crippen LogP contribution in [0.5, 0.6) is 0 Å². The van der Waals surface area contributed by atoms with Crippen molar-refractivity contribution < 1.29 is 9.84 Å². The van der Waals surface area contributed by atoms with Crippen molar-refractivity contribution in [2.45, 2.75) is 31.5 Å². The van der Waals surface area contributed by atoms with Crippen molar-refractivity contribution in [3.05, 3.63) is 19.2 Å². The maximum atomic E-state index is 10.3. The average Bonchev–Trinajstić information content (AvgIpc) is 2.75. The molecule has 1 N–H and O–H groups in total. The van der Waals surface area contributed by atoms with Crippen LogP contribution in [0.1, 0.15) is 30.7 Å². The minimum Gasteiger partial charge on any atom is -0.385 e. The highest BCUT2D eigenvalue weighted by Gasteiger charge is 2.39. The van der Waals surface area contributed by atoms with Crippen LogP contribution < -0.4 is 0 Å². The van der Waals surface area contributed by atoms with E-state index in [0.717, 1.165) is 32.6 Å². The molecule has 1 aromatic heterocycles. The number of aliphatic hydroxyl groups is 1. The predicted molar refractivity (Wildman–Crippen MR) is 68.3 cm³/mol. The molecule has 1 saturated heterocycles. The second-order valence-corrected chi connectivity index (χ2v) is 7.19. The molecule has 1 aliphatic rings. The zero-order valence-corrected chi connectivity index (χ0v) is 12.3. The van der Waals surface area contributed by atoms with Crippen molar-refractivity contribution in [2.24, 2.45) is 0 Å². The molecule has 2 unspecified atom stereocenters. The SMILES string of the molecule is CC1(C(O)c2cc(Br)c(Br)s2)CCCO1. The number of hydrogen-bond acceptors (Lipinski definition) is 3. The van der Waals surface area contributed by atoms with Gasteiger partial charge in [-0.25, -0.2) is 0 Å². The number of ether oxygens (including phenoxy) is 1. The van der Waals surface area contributed by atoms with E-state index >= 15 is 0 Å². The average molecular weight is 356 g/mol. The second-order valence-electron chi connectivity index (χ2n) is 3.94. The van der Waals surface area contributed by atoms with Crippen molar-refractivity contribution in [2.75, 3.05) is 6.61 Å². The zero-order chi connectivity index (χ0) is 11.1. The van der Waals surface area contributed by atoms with Crippen molar-refractivity contribution >= 4 is 43.2 Å². The number of thiophene rings is 1. The summed E-state index contributed by atoms with van der Waals surface area (Å²) in [7, 11) is 0. The van der Waals surface area contributed by atoms with Gasteiger partial charge in [0.1, 0.15) is 6.10 Å². The highest BCUT2D eigenvalue weighted by Crippen LogP contribution is 2.43. The minimum absolute atomic E-state index is 0.413. The molecule has 2 atom stereocenters. The Labute approximate surface area is 110 Å². The largest absolute Gasteiger partial charge is 0.385 e. The molecule has 0 bridgehead atoms. The van der Waals surface area contributed by atoms with Crippen molar-refractivity contribution in [1.29, 1.82) is 0 Å². The Kier molecular flexibility index (Phi) is 3.57. The lowest BCUT2D eigenvalue weighted by atomic mass is 9.94. The molecule has 0 aromatic carbocycles. The van der Waals surface area contributed by atoms with Crippen LogP contribution in [-0.2, 0) is 4.74 Å². The minimum atomic E-state index is -0.535. The smallest absolute Gasteiger partial charge is 0.117 e. The Balaban J connectivity index is 2.23. The molecular formula is C10H12Br2O2S. The molecule has 0 aliphatic carbocycles. The lowest BCUT2D eigenvalue weighted by molar-refractivity contribution is -0.0781. The Hall–Kier alpha value is 0.580. The van der Waals surface area contributed by atoms with Gasteiger partial charge >= 0.3 is 0 Å². The maximum absolute atomic E-state index is 10.3. The first-order valence-electron chi connectivity index (χ1n) is 4.80. The molecule has 2 heterocycles. The second kappa shape index (κ2) is 4.45. The normalized spacial score (nSPS) is 28.3. The summed E-state index contributed by atoms with van der Waals surface area (Å²) in [4.78, 5) is 0.943. The van der Waals surface area contributed by atoms with E-state index in [0.29, 0.717) is 0 Å². The molecule has 2 nitrogen and oxygen atoms in total. The van der Waals surface area contributed by atoms with Gasteiger partial charge in [0.2, 0.25) is 0 Å². The van der Waals surface area contributed by atoms with Gasteiger partial charge in [0.15, 0.2) is 0 Å². The first-order valence-corrected chi connectivity index (χ1v) is 7.20. The van der Waals surface area contributed by atoms with Gasteiger partial charge in [-0.05, 0) is 57.7 Å². The van der Waals surface area contributed by atoms with Crippen LogP contribution in [-0.4, -0.2) is 17.3 Å². The molecule has 15 heavy (non-hydrogen) atoms. The van der Waals surface area contributed by atoms with E-state index in [4.69, 9.17) is 4.74 Å². The van der Waals surface area contributed by atoms with Gasteiger partial charge in [-0.2, -0.15) is 0 Å². The van der Waals surface area contributed by atoms with Crippen LogP contribution in [0.2, 0.25) is 0 Å². The molecule has 0 spiro atoms. The highest BCUT2D eigenvalue weighted by atomic mass is 79.9. The van der Waals surface area contributed by atoms with Crippen LogP contribution in [0.3, 0.4) is 0 Å². The van der Waals surface area contributed by atoms with Crippen LogP contribution >= 0.6 is 43.2 Å². The summed E-state index contributed by atoms with van der Waals surface area (Å²) in [6.07, 6.45) is 1.41. The molecule has 2 rings (SSSR count). The predicted octanol–water partition coefficient (Wildman–Crippen LogP) is 3.88. The molecule has 1 aliphatic heterocycles. The monoisotopic (exact) mass is 354 g/mol. The van der Waals surface area contributed by atoms with E-state index in [-0.39, 0.29) is 0 Å². The Morgan fingerprint density at radius 3 is 2.80 bits per heavy atom. The van der Waals surface area contributed by atoms with Crippen LogP contribution in [0.15, 0.2) is 14.3 Å². The van der Waals surface area contributed by atoms with E-state index in [2.05, 4.69) is 31.9 Å². The van der Waals surface area contributed by atoms with E-state index in [9.17, 15) is 5.11 Å². The molecule has 1 aromatic rings. The van der Waals surface area contributed by atoms with E-state index < -0.39 is 11.7 Å². The summed E-state index contributed by atoms with van der Waals surface area (Å²) in [6, 6.07) is 1.95. The molecular weight excluding hydrogens is 344 g/mol. The first kappa shape index (κ1) is 12.0. The Morgan fingerprint density at radius 1 is 1.60 bits per heavy atom. The van der Waals surface area contributed by atoms with E-state index in [1.54, 1.807) is 11.3 Å². The van der Waals surface area contributed by atoms with Gasteiger partial charge in [-0.15, -0.1) is 11.3 Å². The third-order valence-electron chi connectivity index (χ3n) is 2.76.